The van der Waals surface area contributed by atoms with Gasteiger partial charge in [-0.05, 0) is 36.6 Å². The summed E-state index contributed by atoms with van der Waals surface area (Å²) in [4.78, 5) is 4.60. The van der Waals surface area contributed by atoms with Crippen LogP contribution in [0, 0.1) is 0 Å². The largest absolute Gasteiger partial charge is 0.454 e. The molecule has 0 bridgehead atoms. The van der Waals surface area contributed by atoms with Gasteiger partial charge in [0.25, 0.3) is 0 Å². The van der Waals surface area contributed by atoms with Gasteiger partial charge in [-0.1, -0.05) is 56.3 Å². The van der Waals surface area contributed by atoms with E-state index in [1.165, 1.54) is 0 Å². The van der Waals surface area contributed by atoms with Crippen LogP contribution in [0.25, 0.3) is 21.9 Å². The Bertz CT molecular complexity index is 1160. The van der Waals surface area contributed by atoms with Crippen LogP contribution in [-0.4, -0.2) is 19.5 Å². The lowest BCUT2D eigenvalue weighted by molar-refractivity contribution is 0.560. The first kappa shape index (κ1) is 16.3. The van der Waals surface area contributed by atoms with Crippen LogP contribution in [0.15, 0.2) is 71.1 Å². The minimum atomic E-state index is -0.480. The summed E-state index contributed by atoms with van der Waals surface area (Å²) in [5.74, 6) is 0. The number of nitrogens with zero attached hydrogens (tertiary/aromatic N) is 2. The fourth-order valence-electron chi connectivity index (χ4n) is 4.43. The number of hydrogen-bond acceptors (Lipinski definition) is 3. The molecule has 1 unspecified atom stereocenters. The van der Waals surface area contributed by atoms with E-state index in [2.05, 4.69) is 71.3 Å². The van der Waals surface area contributed by atoms with E-state index in [9.17, 15) is 0 Å². The molecule has 0 aliphatic carbocycles. The lowest BCUT2D eigenvalue weighted by Gasteiger charge is -2.40. The minimum absolute atomic E-state index is 0.0706. The summed E-state index contributed by atoms with van der Waals surface area (Å²) in [5.41, 5.74) is 4.71. The molecule has 0 N–H and O–H groups in total. The second-order valence-electron chi connectivity index (χ2n) is 7.77. The summed E-state index contributed by atoms with van der Waals surface area (Å²) in [6, 6.07) is 23.0. The smallest absolute Gasteiger partial charge is 0.159 e. The molecule has 2 heterocycles. The maximum atomic E-state index is 6.54. The lowest BCUT2D eigenvalue weighted by Crippen LogP contribution is -2.51. The average Bonchev–Trinajstić information content (AvgIpc) is 3.16. The SMILES string of the molecule is [B]C(C)(C)N1c2ccccc2N(c2cccc3c2oc2ccccc23)C1C. The summed E-state index contributed by atoms with van der Waals surface area (Å²) >= 11 is 0. The molecule has 132 valence electrons. The summed E-state index contributed by atoms with van der Waals surface area (Å²) in [5, 5.41) is 2.28. The Balaban J connectivity index is 1.78. The molecule has 1 atom stereocenters. The van der Waals surface area contributed by atoms with E-state index in [1.54, 1.807) is 0 Å². The molecule has 27 heavy (non-hydrogen) atoms. The van der Waals surface area contributed by atoms with E-state index < -0.39 is 5.44 Å². The first-order valence-electron chi connectivity index (χ1n) is 9.33. The van der Waals surface area contributed by atoms with Crippen molar-refractivity contribution in [1.82, 2.24) is 0 Å². The minimum Gasteiger partial charge on any atom is -0.454 e. The van der Waals surface area contributed by atoms with E-state index in [0.717, 1.165) is 39.0 Å². The molecule has 0 fully saturated rings. The lowest BCUT2D eigenvalue weighted by atomic mass is 9.79. The maximum Gasteiger partial charge on any atom is 0.159 e. The van der Waals surface area contributed by atoms with Gasteiger partial charge in [-0.15, -0.1) is 0 Å². The van der Waals surface area contributed by atoms with E-state index >= 15 is 0 Å². The van der Waals surface area contributed by atoms with Crippen LogP contribution >= 0.6 is 0 Å². The maximum absolute atomic E-state index is 6.54. The van der Waals surface area contributed by atoms with Crippen molar-refractivity contribution in [2.45, 2.75) is 32.4 Å². The zero-order valence-electron chi connectivity index (χ0n) is 15.8. The molecule has 5 rings (SSSR count). The van der Waals surface area contributed by atoms with Crippen molar-refractivity contribution in [2.24, 2.45) is 0 Å². The highest BCUT2D eigenvalue weighted by Gasteiger charge is 2.39. The Morgan fingerprint density at radius 3 is 2.22 bits per heavy atom. The second-order valence-corrected chi connectivity index (χ2v) is 7.77. The van der Waals surface area contributed by atoms with Gasteiger partial charge in [-0.2, -0.15) is 0 Å². The second kappa shape index (κ2) is 5.56. The van der Waals surface area contributed by atoms with E-state index in [1.807, 2.05) is 26.0 Å². The Morgan fingerprint density at radius 1 is 0.815 bits per heavy atom. The normalized spacial score (nSPS) is 17.1. The van der Waals surface area contributed by atoms with Crippen molar-refractivity contribution >= 4 is 46.8 Å². The van der Waals surface area contributed by atoms with Gasteiger partial charge in [0, 0.05) is 10.8 Å². The highest BCUT2D eigenvalue weighted by Crippen LogP contribution is 2.48. The zero-order chi connectivity index (χ0) is 18.8. The summed E-state index contributed by atoms with van der Waals surface area (Å²) in [6.07, 6.45) is 0.0706. The molecule has 0 amide bonds. The Hall–Kier alpha value is -2.88. The van der Waals surface area contributed by atoms with Crippen LogP contribution in [-0.2, 0) is 0 Å². The van der Waals surface area contributed by atoms with Gasteiger partial charge in [0.05, 0.1) is 17.1 Å². The van der Waals surface area contributed by atoms with Crippen molar-refractivity contribution < 1.29 is 4.42 Å². The summed E-state index contributed by atoms with van der Waals surface area (Å²) in [7, 11) is 6.54. The highest BCUT2D eigenvalue weighted by molar-refractivity contribution is 6.17. The molecule has 4 heteroatoms. The molecule has 3 aromatic carbocycles. The topological polar surface area (TPSA) is 19.6 Å². The number of hydrogen-bond donors (Lipinski definition) is 0. The highest BCUT2D eigenvalue weighted by atomic mass is 16.3. The molecule has 0 spiro atoms. The van der Waals surface area contributed by atoms with Gasteiger partial charge >= 0.3 is 0 Å². The molecule has 1 aromatic heterocycles. The molecule has 1 aliphatic heterocycles. The van der Waals surface area contributed by atoms with Crippen molar-refractivity contribution in [3.8, 4) is 0 Å². The van der Waals surface area contributed by atoms with Crippen LogP contribution in [0.2, 0.25) is 0 Å². The number of anilines is 3. The number of furan rings is 1. The monoisotopic (exact) mass is 352 g/mol. The number of rotatable bonds is 2. The molecule has 2 radical (unpaired) electrons. The first-order valence-corrected chi connectivity index (χ1v) is 9.33. The van der Waals surface area contributed by atoms with Gasteiger partial charge in [0.15, 0.2) is 5.58 Å². The van der Waals surface area contributed by atoms with Gasteiger partial charge in [-0.3, -0.25) is 0 Å². The number of benzene rings is 3. The van der Waals surface area contributed by atoms with Crippen molar-refractivity contribution in [1.29, 1.82) is 0 Å². The van der Waals surface area contributed by atoms with E-state index in [-0.39, 0.29) is 6.17 Å². The predicted octanol–water partition coefficient (Wildman–Crippen LogP) is 5.79. The first-order chi connectivity index (χ1) is 13.0. The fraction of sp³-hybridized carbons (Fsp3) is 0.217. The number of fused-ring (bicyclic) bond motifs is 4. The van der Waals surface area contributed by atoms with Gasteiger partial charge in [0.1, 0.15) is 19.6 Å². The van der Waals surface area contributed by atoms with Crippen molar-refractivity contribution in [3.05, 3.63) is 66.7 Å². The van der Waals surface area contributed by atoms with Gasteiger partial charge in [-0.25, -0.2) is 0 Å². The quantitative estimate of drug-likeness (QED) is 0.426. The van der Waals surface area contributed by atoms with Crippen LogP contribution in [0.4, 0.5) is 17.1 Å². The summed E-state index contributed by atoms with van der Waals surface area (Å²) in [6.45, 7) is 6.28. The Labute approximate surface area is 160 Å². The fourth-order valence-corrected chi connectivity index (χ4v) is 4.43. The Morgan fingerprint density at radius 2 is 1.44 bits per heavy atom. The molecule has 1 aliphatic rings. The third kappa shape index (κ3) is 2.29. The van der Waals surface area contributed by atoms with Crippen LogP contribution in [0.3, 0.4) is 0 Å². The molecular weight excluding hydrogens is 331 g/mol. The summed E-state index contributed by atoms with van der Waals surface area (Å²) < 4.78 is 6.29. The van der Waals surface area contributed by atoms with Gasteiger partial charge < -0.3 is 14.2 Å². The van der Waals surface area contributed by atoms with Crippen molar-refractivity contribution in [3.63, 3.8) is 0 Å². The van der Waals surface area contributed by atoms with E-state index in [4.69, 9.17) is 12.3 Å². The molecule has 0 saturated heterocycles. The molecule has 4 aromatic rings. The zero-order valence-corrected chi connectivity index (χ0v) is 15.8. The van der Waals surface area contributed by atoms with Crippen LogP contribution in [0.5, 0.6) is 0 Å². The van der Waals surface area contributed by atoms with Crippen LogP contribution < -0.4 is 9.80 Å². The number of para-hydroxylation sites is 4. The van der Waals surface area contributed by atoms with Gasteiger partial charge in [0.2, 0.25) is 0 Å². The molecule has 0 saturated carbocycles. The standard InChI is InChI=1S/C23H21BN2O/c1-15-25(18-11-5-6-12-19(18)26(15)23(2,3)24)20-13-8-10-17-16-9-4-7-14-21(16)27-22(17)20/h4-15H,1-3H3. The third-order valence-corrected chi connectivity index (χ3v) is 5.41. The van der Waals surface area contributed by atoms with Crippen molar-refractivity contribution in [2.75, 3.05) is 9.80 Å². The van der Waals surface area contributed by atoms with E-state index in [0.29, 0.717) is 0 Å². The predicted molar refractivity (Wildman–Crippen MR) is 114 cm³/mol. The van der Waals surface area contributed by atoms with Crippen LogP contribution in [0.1, 0.15) is 20.8 Å². The third-order valence-electron chi connectivity index (χ3n) is 5.41. The Kier molecular flexibility index (Phi) is 3.36. The molecule has 3 nitrogen and oxygen atoms in total. The average molecular weight is 352 g/mol. The molecular formula is C23H21BN2O.